The normalized spacial score (nSPS) is 10.6. The molecule has 80 valence electrons. The summed E-state index contributed by atoms with van der Waals surface area (Å²) in [5.74, 6) is -0.316. The van der Waals surface area contributed by atoms with Crippen LogP contribution in [0.2, 0.25) is 0 Å². The Balaban J connectivity index is 2.60. The summed E-state index contributed by atoms with van der Waals surface area (Å²) in [5.41, 5.74) is 1.69. The van der Waals surface area contributed by atoms with Gasteiger partial charge in [0.2, 0.25) is 5.91 Å². The van der Waals surface area contributed by atoms with E-state index < -0.39 is 0 Å². The van der Waals surface area contributed by atoms with Crippen molar-refractivity contribution in [1.82, 2.24) is 5.32 Å². The minimum absolute atomic E-state index is 0.0740. The molecule has 1 amide bonds. The summed E-state index contributed by atoms with van der Waals surface area (Å²) in [7, 11) is 0. The van der Waals surface area contributed by atoms with E-state index in [1.54, 1.807) is 12.2 Å². The van der Waals surface area contributed by atoms with Crippen molar-refractivity contribution in [1.29, 1.82) is 0 Å². The number of nitrogens with one attached hydrogen (secondary N) is 1. The summed E-state index contributed by atoms with van der Waals surface area (Å²) in [5, 5.41) is 2.63. The van der Waals surface area contributed by atoms with E-state index in [9.17, 15) is 9.18 Å². The monoisotopic (exact) mass is 207 g/mol. The van der Waals surface area contributed by atoms with E-state index in [-0.39, 0.29) is 11.7 Å². The van der Waals surface area contributed by atoms with Crippen LogP contribution in [-0.4, -0.2) is 12.5 Å². The van der Waals surface area contributed by atoms with Gasteiger partial charge in [-0.25, -0.2) is 4.39 Å². The summed E-state index contributed by atoms with van der Waals surface area (Å²) in [6.07, 6.45) is 3.57. The zero-order chi connectivity index (χ0) is 11.3. The van der Waals surface area contributed by atoms with Crippen molar-refractivity contribution in [3.63, 3.8) is 0 Å². The standard InChI is InChI=1S/C12H14FNO/c1-9-6-11(8-12(13)7-9)4-3-5-14-10(2)15/h3-4,6-8H,5H2,1-2H3,(H,14,15). The van der Waals surface area contributed by atoms with Gasteiger partial charge in [0.25, 0.3) is 0 Å². The molecule has 3 heteroatoms. The second-order valence-corrected chi connectivity index (χ2v) is 3.40. The molecule has 15 heavy (non-hydrogen) atoms. The molecule has 1 N–H and O–H groups in total. The lowest BCUT2D eigenvalue weighted by Crippen LogP contribution is -2.19. The van der Waals surface area contributed by atoms with Crippen molar-refractivity contribution < 1.29 is 9.18 Å². The molecule has 1 aromatic rings. The van der Waals surface area contributed by atoms with Gasteiger partial charge in [0.15, 0.2) is 0 Å². The maximum absolute atomic E-state index is 13.0. The van der Waals surface area contributed by atoms with Gasteiger partial charge in [-0.15, -0.1) is 0 Å². The number of aryl methyl sites for hydroxylation is 1. The van der Waals surface area contributed by atoms with Gasteiger partial charge in [-0.1, -0.05) is 18.2 Å². The van der Waals surface area contributed by atoms with Gasteiger partial charge in [-0.05, 0) is 30.2 Å². The highest BCUT2D eigenvalue weighted by atomic mass is 19.1. The second kappa shape index (κ2) is 5.29. The lowest BCUT2D eigenvalue weighted by Gasteiger charge is -1.98. The number of halogens is 1. The minimum Gasteiger partial charge on any atom is -0.353 e. The molecule has 0 aliphatic carbocycles. The molecule has 0 radical (unpaired) electrons. The van der Waals surface area contributed by atoms with Crippen LogP contribution in [0.5, 0.6) is 0 Å². The van der Waals surface area contributed by atoms with Crippen LogP contribution in [0.1, 0.15) is 18.1 Å². The highest BCUT2D eigenvalue weighted by Gasteiger charge is 1.94. The van der Waals surface area contributed by atoms with Crippen LogP contribution in [0.3, 0.4) is 0 Å². The lowest BCUT2D eigenvalue weighted by atomic mass is 10.1. The maximum Gasteiger partial charge on any atom is 0.217 e. The van der Waals surface area contributed by atoms with Gasteiger partial charge in [0, 0.05) is 13.5 Å². The molecular formula is C12H14FNO. The van der Waals surface area contributed by atoms with Crippen molar-refractivity contribution in [2.75, 3.05) is 6.54 Å². The summed E-state index contributed by atoms with van der Waals surface area (Å²) in [6.45, 7) is 3.76. The highest BCUT2D eigenvalue weighted by Crippen LogP contribution is 2.09. The molecule has 0 bridgehead atoms. The van der Waals surface area contributed by atoms with Gasteiger partial charge in [-0.3, -0.25) is 4.79 Å². The molecule has 1 aromatic carbocycles. The topological polar surface area (TPSA) is 29.1 Å². The summed E-state index contributed by atoms with van der Waals surface area (Å²) < 4.78 is 13.0. The third-order valence-corrected chi connectivity index (χ3v) is 1.84. The Kier molecular flexibility index (Phi) is 4.03. The lowest BCUT2D eigenvalue weighted by molar-refractivity contribution is -0.118. The van der Waals surface area contributed by atoms with Crippen molar-refractivity contribution in [3.05, 3.63) is 41.2 Å². The number of rotatable bonds is 3. The number of hydrogen-bond acceptors (Lipinski definition) is 1. The van der Waals surface area contributed by atoms with Crippen LogP contribution in [0.15, 0.2) is 24.3 Å². The van der Waals surface area contributed by atoms with Crippen molar-refractivity contribution >= 4 is 12.0 Å². The van der Waals surface area contributed by atoms with Crippen molar-refractivity contribution in [3.8, 4) is 0 Å². The van der Waals surface area contributed by atoms with Crippen LogP contribution in [-0.2, 0) is 4.79 Å². The van der Waals surface area contributed by atoms with Gasteiger partial charge in [-0.2, -0.15) is 0 Å². The Bertz CT molecular complexity index is 365. The fourth-order valence-electron chi connectivity index (χ4n) is 1.26. The molecule has 1 rings (SSSR count). The quantitative estimate of drug-likeness (QED) is 0.809. The fourth-order valence-corrected chi connectivity index (χ4v) is 1.26. The average molecular weight is 207 g/mol. The van der Waals surface area contributed by atoms with E-state index in [2.05, 4.69) is 5.32 Å². The zero-order valence-corrected chi connectivity index (χ0v) is 8.88. The van der Waals surface area contributed by atoms with Gasteiger partial charge in [0.05, 0.1) is 0 Å². The van der Waals surface area contributed by atoms with E-state index in [0.717, 1.165) is 11.1 Å². The Morgan fingerprint density at radius 2 is 2.20 bits per heavy atom. The summed E-state index contributed by atoms with van der Waals surface area (Å²) in [4.78, 5) is 10.6. The Morgan fingerprint density at radius 3 is 2.80 bits per heavy atom. The molecule has 0 atom stereocenters. The molecule has 0 saturated heterocycles. The molecule has 0 saturated carbocycles. The Labute approximate surface area is 88.8 Å². The predicted octanol–water partition coefficient (Wildman–Crippen LogP) is 2.28. The molecule has 0 unspecified atom stereocenters. The first-order valence-corrected chi connectivity index (χ1v) is 4.76. The first-order chi connectivity index (χ1) is 7.08. The molecule has 0 fully saturated rings. The number of hydrogen-bond donors (Lipinski definition) is 1. The van der Waals surface area contributed by atoms with Crippen LogP contribution in [0, 0.1) is 12.7 Å². The molecule has 0 heterocycles. The summed E-state index contributed by atoms with van der Waals surface area (Å²) >= 11 is 0. The molecule has 2 nitrogen and oxygen atoms in total. The smallest absolute Gasteiger partial charge is 0.217 e. The first-order valence-electron chi connectivity index (χ1n) is 4.76. The third-order valence-electron chi connectivity index (χ3n) is 1.84. The minimum atomic E-state index is -0.242. The summed E-state index contributed by atoms with van der Waals surface area (Å²) in [6, 6.07) is 4.82. The zero-order valence-electron chi connectivity index (χ0n) is 8.88. The molecule has 0 aromatic heterocycles. The van der Waals surface area contributed by atoms with Gasteiger partial charge >= 0.3 is 0 Å². The highest BCUT2D eigenvalue weighted by molar-refractivity contribution is 5.73. The largest absolute Gasteiger partial charge is 0.353 e. The SMILES string of the molecule is CC(=O)NCC=Cc1cc(C)cc(F)c1. The van der Waals surface area contributed by atoms with Gasteiger partial charge < -0.3 is 5.32 Å². The van der Waals surface area contributed by atoms with Crippen molar-refractivity contribution in [2.24, 2.45) is 0 Å². The van der Waals surface area contributed by atoms with Crippen LogP contribution >= 0.6 is 0 Å². The Hall–Kier alpha value is -1.64. The van der Waals surface area contributed by atoms with Crippen LogP contribution in [0.4, 0.5) is 4.39 Å². The molecular weight excluding hydrogens is 193 g/mol. The van der Waals surface area contributed by atoms with E-state index in [1.165, 1.54) is 19.1 Å². The first kappa shape index (κ1) is 11.4. The third kappa shape index (κ3) is 4.40. The number of amides is 1. The van der Waals surface area contributed by atoms with Crippen LogP contribution < -0.4 is 5.32 Å². The molecule has 0 spiro atoms. The molecule has 0 aliphatic rings. The molecule has 0 aliphatic heterocycles. The van der Waals surface area contributed by atoms with E-state index in [1.807, 2.05) is 13.0 Å². The van der Waals surface area contributed by atoms with Crippen LogP contribution in [0.25, 0.3) is 6.08 Å². The van der Waals surface area contributed by atoms with E-state index in [0.29, 0.717) is 6.54 Å². The van der Waals surface area contributed by atoms with E-state index >= 15 is 0 Å². The maximum atomic E-state index is 13.0. The second-order valence-electron chi connectivity index (χ2n) is 3.40. The predicted molar refractivity (Wildman–Crippen MR) is 58.9 cm³/mol. The van der Waals surface area contributed by atoms with Crippen molar-refractivity contribution in [2.45, 2.75) is 13.8 Å². The fraction of sp³-hybridized carbons (Fsp3) is 0.250. The number of benzene rings is 1. The Morgan fingerprint density at radius 1 is 1.47 bits per heavy atom. The van der Waals surface area contributed by atoms with Gasteiger partial charge in [0.1, 0.15) is 5.82 Å². The number of carbonyl (C=O) groups excluding carboxylic acids is 1. The average Bonchev–Trinajstić information content (AvgIpc) is 2.10. The number of carbonyl (C=O) groups is 1. The van der Waals surface area contributed by atoms with E-state index in [4.69, 9.17) is 0 Å².